The Morgan fingerprint density at radius 1 is 1.06 bits per heavy atom. The van der Waals surface area contributed by atoms with Gasteiger partial charge in [0, 0.05) is 12.8 Å². The molecule has 0 amide bonds. The summed E-state index contributed by atoms with van der Waals surface area (Å²) in [6.07, 6.45) is 3.08. The molecule has 0 aliphatic carbocycles. The van der Waals surface area contributed by atoms with E-state index in [0.717, 1.165) is 19.4 Å². The van der Waals surface area contributed by atoms with Gasteiger partial charge in [-0.3, -0.25) is 0 Å². The summed E-state index contributed by atoms with van der Waals surface area (Å²) in [6.45, 7) is 5.23. The highest BCUT2D eigenvalue weighted by atomic mass is 16.6. The number of hydrogen-bond acceptors (Lipinski definition) is 2. The molecule has 2 heteroatoms. The van der Waals surface area contributed by atoms with Crippen LogP contribution in [0.4, 0.5) is 0 Å². The van der Waals surface area contributed by atoms with Gasteiger partial charge >= 0.3 is 0 Å². The topological polar surface area (TPSA) is 18.5 Å². The van der Waals surface area contributed by atoms with Crippen LogP contribution in [0.3, 0.4) is 0 Å². The number of ether oxygens (including phenoxy) is 2. The Bertz CT molecular complexity index is 370. The van der Waals surface area contributed by atoms with Gasteiger partial charge in [0.05, 0.1) is 24.9 Å². The highest BCUT2D eigenvalue weighted by molar-refractivity contribution is 5.26. The van der Waals surface area contributed by atoms with Crippen LogP contribution in [0.1, 0.15) is 49.8 Å². The van der Waals surface area contributed by atoms with Gasteiger partial charge in [-0.05, 0) is 17.0 Å². The van der Waals surface area contributed by atoms with Gasteiger partial charge in [-0.2, -0.15) is 0 Å². The molecule has 2 saturated heterocycles. The molecule has 17 heavy (non-hydrogen) atoms. The van der Waals surface area contributed by atoms with E-state index in [4.69, 9.17) is 9.47 Å². The lowest BCUT2D eigenvalue weighted by Gasteiger charge is -2.27. The highest BCUT2D eigenvalue weighted by Crippen LogP contribution is 2.37. The first-order valence-corrected chi connectivity index (χ1v) is 6.59. The summed E-state index contributed by atoms with van der Waals surface area (Å²) in [5.74, 6) is 0.593. The van der Waals surface area contributed by atoms with Gasteiger partial charge in [-0.15, -0.1) is 0 Å². The molecule has 1 aromatic carbocycles. The predicted molar refractivity (Wildman–Crippen MR) is 67.1 cm³/mol. The van der Waals surface area contributed by atoms with Crippen LogP contribution in [0.15, 0.2) is 24.3 Å². The van der Waals surface area contributed by atoms with Gasteiger partial charge in [0.15, 0.2) is 0 Å². The number of rotatable bonds is 2. The third-order valence-electron chi connectivity index (χ3n) is 3.85. The molecule has 0 unspecified atom stereocenters. The molecule has 3 atom stereocenters. The Hall–Kier alpha value is -0.860. The molecule has 92 valence electrons. The van der Waals surface area contributed by atoms with E-state index in [1.54, 1.807) is 0 Å². The second kappa shape index (κ2) is 4.43. The first-order valence-electron chi connectivity index (χ1n) is 6.59. The molecular weight excluding hydrogens is 212 g/mol. The zero-order valence-electron chi connectivity index (χ0n) is 10.6. The van der Waals surface area contributed by atoms with Crippen LogP contribution in [0.2, 0.25) is 0 Å². The standard InChI is InChI=1S/C15H20O2/c1-10(2)11-3-5-12(6-4-11)15-8-13-7-14(17-15)9-16-13/h3-6,10,13-15H,7-9H2,1-2H3/t13-,14-,15-/m0/s1. The van der Waals surface area contributed by atoms with Gasteiger partial charge in [0.1, 0.15) is 0 Å². The van der Waals surface area contributed by atoms with Crippen LogP contribution in [-0.2, 0) is 9.47 Å². The zero-order valence-corrected chi connectivity index (χ0v) is 10.6. The van der Waals surface area contributed by atoms with Crippen molar-refractivity contribution in [2.45, 2.75) is 50.9 Å². The van der Waals surface area contributed by atoms with Crippen LogP contribution in [0.25, 0.3) is 0 Å². The number of hydrogen-bond donors (Lipinski definition) is 0. The second-order valence-electron chi connectivity index (χ2n) is 5.49. The van der Waals surface area contributed by atoms with Crippen LogP contribution >= 0.6 is 0 Å². The average Bonchev–Trinajstić information content (AvgIpc) is 2.68. The lowest BCUT2D eigenvalue weighted by Crippen LogP contribution is -2.24. The zero-order chi connectivity index (χ0) is 11.8. The van der Waals surface area contributed by atoms with Crippen molar-refractivity contribution in [3.63, 3.8) is 0 Å². The minimum atomic E-state index is 0.238. The summed E-state index contributed by atoms with van der Waals surface area (Å²) in [5, 5.41) is 0. The van der Waals surface area contributed by atoms with Gasteiger partial charge in [0.25, 0.3) is 0 Å². The van der Waals surface area contributed by atoms with Crippen molar-refractivity contribution in [3.05, 3.63) is 35.4 Å². The smallest absolute Gasteiger partial charge is 0.0854 e. The average molecular weight is 232 g/mol. The molecule has 0 aromatic heterocycles. The third-order valence-corrected chi connectivity index (χ3v) is 3.85. The molecule has 2 nitrogen and oxygen atoms in total. The normalized spacial score (nSPS) is 32.1. The second-order valence-corrected chi connectivity index (χ2v) is 5.49. The van der Waals surface area contributed by atoms with E-state index in [1.807, 2.05) is 0 Å². The first-order chi connectivity index (χ1) is 8.22. The van der Waals surface area contributed by atoms with Crippen LogP contribution in [0.5, 0.6) is 0 Å². The molecule has 3 rings (SSSR count). The Kier molecular flexibility index (Phi) is 2.93. The molecule has 2 aliphatic rings. The fourth-order valence-corrected chi connectivity index (χ4v) is 2.77. The van der Waals surface area contributed by atoms with Crippen LogP contribution < -0.4 is 0 Å². The van der Waals surface area contributed by atoms with Crippen molar-refractivity contribution in [3.8, 4) is 0 Å². The largest absolute Gasteiger partial charge is 0.375 e. The van der Waals surface area contributed by atoms with E-state index >= 15 is 0 Å². The summed E-state index contributed by atoms with van der Waals surface area (Å²) >= 11 is 0. The van der Waals surface area contributed by atoms with E-state index in [1.165, 1.54) is 11.1 Å². The fraction of sp³-hybridized carbons (Fsp3) is 0.600. The summed E-state index contributed by atoms with van der Waals surface area (Å²) in [6, 6.07) is 8.87. The van der Waals surface area contributed by atoms with Crippen LogP contribution in [-0.4, -0.2) is 18.8 Å². The highest BCUT2D eigenvalue weighted by Gasteiger charge is 2.36. The Balaban J connectivity index is 1.75. The molecule has 2 aliphatic heterocycles. The molecule has 2 bridgehead atoms. The fourth-order valence-electron chi connectivity index (χ4n) is 2.77. The van der Waals surface area contributed by atoms with Crippen molar-refractivity contribution < 1.29 is 9.47 Å². The number of fused-ring (bicyclic) bond motifs is 2. The van der Waals surface area contributed by atoms with E-state index < -0.39 is 0 Å². The molecular formula is C15H20O2. The third kappa shape index (κ3) is 2.24. The van der Waals surface area contributed by atoms with Crippen molar-refractivity contribution in [2.75, 3.05) is 6.61 Å². The maximum Gasteiger partial charge on any atom is 0.0854 e. The lowest BCUT2D eigenvalue weighted by molar-refractivity contribution is -0.0314. The molecule has 2 heterocycles. The lowest BCUT2D eigenvalue weighted by atomic mass is 9.95. The maximum absolute atomic E-state index is 6.04. The molecule has 2 fully saturated rings. The van der Waals surface area contributed by atoms with Crippen LogP contribution in [0, 0.1) is 0 Å². The van der Waals surface area contributed by atoms with Crippen molar-refractivity contribution in [1.82, 2.24) is 0 Å². The quantitative estimate of drug-likeness (QED) is 0.777. The molecule has 0 radical (unpaired) electrons. The van der Waals surface area contributed by atoms with Gasteiger partial charge < -0.3 is 9.47 Å². The minimum Gasteiger partial charge on any atom is -0.375 e. The monoisotopic (exact) mass is 232 g/mol. The summed E-state index contributed by atoms with van der Waals surface area (Å²) in [7, 11) is 0. The van der Waals surface area contributed by atoms with Crippen molar-refractivity contribution in [2.24, 2.45) is 0 Å². The predicted octanol–water partition coefficient (Wildman–Crippen LogP) is 3.43. The summed E-state index contributed by atoms with van der Waals surface area (Å²) < 4.78 is 11.7. The maximum atomic E-state index is 6.04. The summed E-state index contributed by atoms with van der Waals surface area (Å²) in [4.78, 5) is 0. The van der Waals surface area contributed by atoms with Gasteiger partial charge in [-0.25, -0.2) is 0 Å². The molecule has 0 spiro atoms. The van der Waals surface area contributed by atoms with E-state index in [9.17, 15) is 0 Å². The van der Waals surface area contributed by atoms with Gasteiger partial charge in [-0.1, -0.05) is 38.1 Å². The molecule has 0 saturated carbocycles. The van der Waals surface area contributed by atoms with E-state index in [0.29, 0.717) is 18.1 Å². The minimum absolute atomic E-state index is 0.238. The molecule has 1 aromatic rings. The van der Waals surface area contributed by atoms with Crippen molar-refractivity contribution >= 4 is 0 Å². The van der Waals surface area contributed by atoms with E-state index in [-0.39, 0.29) is 6.10 Å². The molecule has 0 N–H and O–H groups in total. The Morgan fingerprint density at radius 2 is 1.82 bits per heavy atom. The SMILES string of the molecule is CC(C)c1ccc([C@@H]2C[C@@H]3C[C@@H](CO3)O2)cc1. The van der Waals surface area contributed by atoms with Gasteiger partial charge in [0.2, 0.25) is 0 Å². The van der Waals surface area contributed by atoms with Crippen molar-refractivity contribution in [1.29, 1.82) is 0 Å². The Labute approximate surface area is 103 Å². The van der Waals surface area contributed by atoms with E-state index in [2.05, 4.69) is 38.1 Å². The Morgan fingerprint density at radius 3 is 2.47 bits per heavy atom. The summed E-state index contributed by atoms with van der Waals surface area (Å²) in [5.41, 5.74) is 2.69. The first kappa shape index (κ1) is 11.2. The number of benzene rings is 1.